The van der Waals surface area contributed by atoms with Gasteiger partial charge in [-0.3, -0.25) is 4.79 Å². The number of rotatable bonds is 3. The predicted molar refractivity (Wildman–Crippen MR) is 109 cm³/mol. The molecule has 144 valence electrons. The van der Waals surface area contributed by atoms with Crippen molar-refractivity contribution in [2.45, 2.75) is 25.5 Å². The van der Waals surface area contributed by atoms with E-state index in [2.05, 4.69) is 5.10 Å². The predicted octanol–water partition coefficient (Wildman–Crippen LogP) is 4.22. The summed E-state index contributed by atoms with van der Waals surface area (Å²) >= 11 is 12.4. The lowest BCUT2D eigenvalue weighted by atomic mass is 10.1. The van der Waals surface area contributed by atoms with Crippen molar-refractivity contribution in [1.82, 2.24) is 14.7 Å². The molecule has 2 aromatic carbocycles. The van der Waals surface area contributed by atoms with Gasteiger partial charge in [0, 0.05) is 29.7 Å². The van der Waals surface area contributed by atoms with Crippen LogP contribution in [0.25, 0.3) is 5.69 Å². The van der Waals surface area contributed by atoms with E-state index in [0.29, 0.717) is 27.7 Å². The van der Waals surface area contributed by atoms with Gasteiger partial charge in [0.05, 0.1) is 29.1 Å². The summed E-state index contributed by atoms with van der Waals surface area (Å²) in [5.41, 5.74) is 3.60. The number of aliphatic hydroxyl groups excluding tert-OH is 1. The van der Waals surface area contributed by atoms with E-state index in [9.17, 15) is 9.90 Å². The summed E-state index contributed by atoms with van der Waals surface area (Å²) < 4.78 is 1.68. The molecular weight excluding hydrogens is 397 g/mol. The Morgan fingerprint density at radius 3 is 2.68 bits per heavy atom. The van der Waals surface area contributed by atoms with Crippen LogP contribution in [0, 0.1) is 6.92 Å². The minimum atomic E-state index is -0.746. The third-order valence-electron chi connectivity index (χ3n) is 5.18. The van der Waals surface area contributed by atoms with Crippen LogP contribution in [0.15, 0.2) is 48.7 Å². The van der Waals surface area contributed by atoms with Crippen LogP contribution < -0.4 is 0 Å². The number of para-hydroxylation sites is 1. The molecule has 1 heterocycles. The summed E-state index contributed by atoms with van der Waals surface area (Å²) in [7, 11) is 1.68. The second-order valence-electron chi connectivity index (χ2n) is 7.00. The molecule has 28 heavy (non-hydrogen) atoms. The van der Waals surface area contributed by atoms with Crippen molar-refractivity contribution in [2.75, 3.05) is 7.05 Å². The van der Waals surface area contributed by atoms with E-state index in [1.54, 1.807) is 41.9 Å². The zero-order valence-corrected chi connectivity index (χ0v) is 16.9. The number of nitrogens with zero attached hydrogens (tertiary/aromatic N) is 3. The molecule has 1 aromatic heterocycles. The van der Waals surface area contributed by atoms with E-state index in [1.165, 1.54) is 0 Å². The van der Waals surface area contributed by atoms with Crippen LogP contribution in [-0.4, -0.2) is 38.8 Å². The molecule has 0 radical (unpaired) electrons. The summed E-state index contributed by atoms with van der Waals surface area (Å²) in [6.45, 7) is 1.80. The summed E-state index contributed by atoms with van der Waals surface area (Å²) in [4.78, 5) is 14.8. The molecule has 5 nitrogen and oxygen atoms in total. The van der Waals surface area contributed by atoms with Crippen LogP contribution in [0.3, 0.4) is 0 Å². The lowest BCUT2D eigenvalue weighted by Gasteiger charge is -2.28. The first kappa shape index (κ1) is 19.0. The van der Waals surface area contributed by atoms with Gasteiger partial charge in [0.15, 0.2) is 0 Å². The number of aryl methyl sites for hydroxylation is 1. The average molecular weight is 416 g/mol. The summed E-state index contributed by atoms with van der Waals surface area (Å²) in [5, 5.41) is 16.1. The number of carbonyl (C=O) groups is 1. The molecule has 0 aliphatic heterocycles. The molecule has 2 atom stereocenters. The van der Waals surface area contributed by atoms with Crippen LogP contribution >= 0.6 is 23.2 Å². The fourth-order valence-corrected chi connectivity index (χ4v) is 4.38. The zero-order chi connectivity index (χ0) is 20.0. The molecule has 0 saturated carbocycles. The first-order chi connectivity index (χ1) is 13.4. The molecule has 0 fully saturated rings. The second kappa shape index (κ2) is 7.24. The highest BCUT2D eigenvalue weighted by Crippen LogP contribution is 2.41. The molecule has 3 aromatic rings. The molecule has 1 aliphatic carbocycles. The van der Waals surface area contributed by atoms with Crippen LogP contribution in [0.1, 0.15) is 33.2 Å². The topological polar surface area (TPSA) is 58.4 Å². The van der Waals surface area contributed by atoms with Crippen LogP contribution in [0.2, 0.25) is 10.0 Å². The lowest BCUT2D eigenvalue weighted by Crippen LogP contribution is -2.36. The van der Waals surface area contributed by atoms with Crippen molar-refractivity contribution >= 4 is 29.1 Å². The minimum Gasteiger partial charge on any atom is -0.390 e. The maximum atomic E-state index is 13.2. The van der Waals surface area contributed by atoms with Crippen molar-refractivity contribution in [3.05, 3.63) is 81.1 Å². The SMILES string of the molecule is Cc1nn(-c2ccccc2)cc1C(=O)N(C)[C@H]1c2cc(Cl)cc(Cl)c2C[C@H]1O. The molecular formula is C21H19Cl2N3O2. The quantitative estimate of drug-likeness (QED) is 0.696. The smallest absolute Gasteiger partial charge is 0.257 e. The summed E-state index contributed by atoms with van der Waals surface area (Å²) in [6.07, 6.45) is 1.36. The van der Waals surface area contributed by atoms with Crippen LogP contribution in [-0.2, 0) is 6.42 Å². The summed E-state index contributed by atoms with van der Waals surface area (Å²) in [6, 6.07) is 12.5. The Kier molecular flexibility index (Phi) is 4.91. The van der Waals surface area contributed by atoms with Gasteiger partial charge < -0.3 is 10.0 Å². The number of amides is 1. The van der Waals surface area contributed by atoms with Gasteiger partial charge in [-0.05, 0) is 42.3 Å². The van der Waals surface area contributed by atoms with Gasteiger partial charge in [0.25, 0.3) is 5.91 Å². The Labute approximate surface area is 173 Å². The molecule has 4 rings (SSSR count). The number of benzene rings is 2. The number of hydrogen-bond donors (Lipinski definition) is 1. The van der Waals surface area contributed by atoms with E-state index in [4.69, 9.17) is 23.2 Å². The fraction of sp³-hybridized carbons (Fsp3) is 0.238. The Morgan fingerprint density at radius 1 is 1.25 bits per heavy atom. The van der Waals surface area contributed by atoms with Gasteiger partial charge in [0.2, 0.25) is 0 Å². The summed E-state index contributed by atoms with van der Waals surface area (Å²) in [5.74, 6) is -0.215. The highest BCUT2D eigenvalue weighted by molar-refractivity contribution is 6.35. The van der Waals surface area contributed by atoms with Crippen molar-refractivity contribution in [3.8, 4) is 5.69 Å². The normalized spacial score (nSPS) is 18.2. The monoisotopic (exact) mass is 415 g/mol. The Bertz CT molecular complexity index is 1050. The second-order valence-corrected chi connectivity index (χ2v) is 7.84. The Hall–Kier alpha value is -2.34. The molecule has 1 N–H and O–H groups in total. The van der Waals surface area contributed by atoms with Gasteiger partial charge in [-0.2, -0.15) is 5.10 Å². The van der Waals surface area contributed by atoms with Crippen LogP contribution in [0.4, 0.5) is 0 Å². The Morgan fingerprint density at radius 2 is 1.96 bits per heavy atom. The van der Waals surface area contributed by atoms with Crippen LogP contribution in [0.5, 0.6) is 0 Å². The molecule has 7 heteroatoms. The lowest BCUT2D eigenvalue weighted by molar-refractivity contribution is 0.0497. The van der Waals surface area contributed by atoms with Gasteiger partial charge in [-0.1, -0.05) is 41.4 Å². The van der Waals surface area contributed by atoms with E-state index in [0.717, 1.165) is 16.8 Å². The number of hydrogen-bond acceptors (Lipinski definition) is 3. The number of aliphatic hydroxyl groups is 1. The minimum absolute atomic E-state index is 0.215. The van der Waals surface area contributed by atoms with E-state index < -0.39 is 12.1 Å². The number of aromatic nitrogens is 2. The Balaban J connectivity index is 1.68. The van der Waals surface area contributed by atoms with Crippen molar-refractivity contribution in [1.29, 1.82) is 0 Å². The molecule has 0 spiro atoms. The van der Waals surface area contributed by atoms with E-state index >= 15 is 0 Å². The van der Waals surface area contributed by atoms with Gasteiger partial charge >= 0.3 is 0 Å². The first-order valence-electron chi connectivity index (χ1n) is 8.91. The maximum Gasteiger partial charge on any atom is 0.257 e. The third-order valence-corrected chi connectivity index (χ3v) is 5.73. The number of likely N-dealkylation sites (N-methyl/N-ethyl adjacent to an activating group) is 1. The molecule has 0 saturated heterocycles. The van der Waals surface area contributed by atoms with Crippen molar-refractivity contribution in [2.24, 2.45) is 0 Å². The average Bonchev–Trinajstić information content (AvgIpc) is 3.21. The van der Waals surface area contributed by atoms with Crippen molar-refractivity contribution in [3.63, 3.8) is 0 Å². The standard InChI is InChI=1S/C21H19Cl2N3O2/c1-12-17(11-26(24-12)14-6-4-3-5-7-14)21(28)25(2)20-16-8-13(22)9-18(23)15(16)10-19(20)27/h3-9,11,19-20,27H,10H2,1-2H3/t19-,20+/m1/s1. The zero-order valence-electron chi connectivity index (χ0n) is 15.4. The van der Waals surface area contributed by atoms with E-state index in [-0.39, 0.29) is 5.91 Å². The van der Waals surface area contributed by atoms with Gasteiger partial charge in [0.1, 0.15) is 0 Å². The highest BCUT2D eigenvalue weighted by Gasteiger charge is 2.38. The number of carbonyl (C=O) groups excluding carboxylic acids is 1. The molecule has 1 amide bonds. The third kappa shape index (κ3) is 3.20. The highest BCUT2D eigenvalue weighted by atomic mass is 35.5. The molecule has 0 unspecified atom stereocenters. The fourth-order valence-electron chi connectivity index (χ4n) is 3.80. The molecule has 0 bridgehead atoms. The molecule has 1 aliphatic rings. The van der Waals surface area contributed by atoms with Gasteiger partial charge in [-0.25, -0.2) is 4.68 Å². The first-order valence-corrected chi connectivity index (χ1v) is 9.67. The van der Waals surface area contributed by atoms with E-state index in [1.807, 2.05) is 30.3 Å². The maximum absolute atomic E-state index is 13.2. The van der Waals surface area contributed by atoms with Gasteiger partial charge in [-0.15, -0.1) is 0 Å². The largest absolute Gasteiger partial charge is 0.390 e. The van der Waals surface area contributed by atoms with Crippen molar-refractivity contribution < 1.29 is 9.90 Å². The number of halogens is 2. The number of fused-ring (bicyclic) bond motifs is 1.